The van der Waals surface area contributed by atoms with Gasteiger partial charge in [-0.2, -0.15) is 0 Å². The van der Waals surface area contributed by atoms with Gasteiger partial charge in [-0.1, -0.05) is 110 Å². The summed E-state index contributed by atoms with van der Waals surface area (Å²) in [4.78, 5) is 9.38. The molecule has 0 aliphatic carbocycles. The molecule has 43 heavy (non-hydrogen) atoms. The molecule has 0 amide bonds. The van der Waals surface area contributed by atoms with Crippen molar-refractivity contribution in [2.75, 3.05) is 0 Å². The second-order valence-corrected chi connectivity index (χ2v) is 10.9. The van der Waals surface area contributed by atoms with Gasteiger partial charge in [0, 0.05) is 30.1 Å². The molecule has 2 heterocycles. The fraction of sp³-hybridized carbons (Fsp3) is 0.0500. The van der Waals surface area contributed by atoms with Gasteiger partial charge in [0.25, 0.3) is 0 Å². The first-order chi connectivity index (χ1) is 21.3. The van der Waals surface area contributed by atoms with Gasteiger partial charge in [0.15, 0.2) is 0 Å². The van der Waals surface area contributed by atoms with Gasteiger partial charge in [0.05, 0.1) is 11.0 Å². The van der Waals surface area contributed by atoms with E-state index in [1.54, 1.807) is 0 Å². The summed E-state index contributed by atoms with van der Waals surface area (Å²) in [7, 11) is 0. The smallest absolute Gasteiger partial charge is 0.114 e. The molecule has 0 aliphatic rings. The van der Waals surface area contributed by atoms with Crippen molar-refractivity contribution in [3.05, 3.63) is 152 Å². The van der Waals surface area contributed by atoms with Crippen LogP contribution in [0.1, 0.15) is 12.7 Å². The van der Waals surface area contributed by atoms with Gasteiger partial charge in [-0.15, -0.1) is 0 Å². The van der Waals surface area contributed by atoms with E-state index in [2.05, 4.69) is 144 Å². The maximum absolute atomic E-state index is 4.95. The van der Waals surface area contributed by atoms with Crippen molar-refractivity contribution in [3.63, 3.8) is 0 Å². The van der Waals surface area contributed by atoms with Crippen LogP contribution in [0.5, 0.6) is 0 Å². The molecule has 8 rings (SSSR count). The maximum atomic E-state index is 4.95. The molecule has 0 fully saturated rings. The van der Waals surface area contributed by atoms with Gasteiger partial charge in [0.1, 0.15) is 5.82 Å². The Bertz CT molecular complexity index is 2220. The summed E-state index contributed by atoms with van der Waals surface area (Å²) in [5.41, 5.74) is 10.5. The highest BCUT2D eigenvalue weighted by Crippen LogP contribution is 2.46. The Morgan fingerprint density at radius 1 is 0.558 bits per heavy atom. The largest absolute Gasteiger partial charge is 0.296 e. The van der Waals surface area contributed by atoms with Crippen LogP contribution in [-0.4, -0.2) is 14.5 Å². The Morgan fingerprint density at radius 2 is 1.19 bits per heavy atom. The molecule has 8 aromatic rings. The van der Waals surface area contributed by atoms with E-state index in [1.807, 2.05) is 18.5 Å². The third-order valence-electron chi connectivity index (χ3n) is 8.44. The molecule has 2 aromatic heterocycles. The number of hydrogen-bond acceptors (Lipinski definition) is 2. The number of imidazole rings is 1. The second kappa shape index (κ2) is 10.4. The summed E-state index contributed by atoms with van der Waals surface area (Å²) >= 11 is 0. The molecular formula is C40H29N3. The highest BCUT2D eigenvalue weighted by Gasteiger charge is 2.19. The van der Waals surface area contributed by atoms with Crippen molar-refractivity contribution in [3.8, 4) is 39.1 Å². The van der Waals surface area contributed by atoms with Crippen LogP contribution in [0.3, 0.4) is 0 Å². The van der Waals surface area contributed by atoms with E-state index in [9.17, 15) is 0 Å². The quantitative estimate of drug-likeness (QED) is 0.199. The molecular weight excluding hydrogens is 522 g/mol. The fourth-order valence-electron chi connectivity index (χ4n) is 6.61. The zero-order valence-electron chi connectivity index (χ0n) is 23.9. The summed E-state index contributed by atoms with van der Waals surface area (Å²) < 4.78 is 2.31. The van der Waals surface area contributed by atoms with Crippen LogP contribution in [0.25, 0.3) is 71.6 Å². The molecule has 204 valence electrons. The number of pyridine rings is 1. The highest BCUT2D eigenvalue weighted by atomic mass is 15.1. The third kappa shape index (κ3) is 4.12. The number of para-hydroxylation sites is 2. The summed E-state index contributed by atoms with van der Waals surface area (Å²) in [6.45, 7) is 2.17. The maximum Gasteiger partial charge on any atom is 0.114 e. The van der Waals surface area contributed by atoms with Crippen LogP contribution in [0, 0.1) is 0 Å². The third-order valence-corrected chi connectivity index (χ3v) is 8.44. The number of rotatable bonds is 5. The molecule has 0 saturated carbocycles. The van der Waals surface area contributed by atoms with Crippen molar-refractivity contribution in [1.82, 2.24) is 14.5 Å². The monoisotopic (exact) mass is 551 g/mol. The van der Waals surface area contributed by atoms with E-state index < -0.39 is 0 Å². The van der Waals surface area contributed by atoms with Crippen LogP contribution < -0.4 is 0 Å². The lowest BCUT2D eigenvalue weighted by molar-refractivity contribution is 0.908. The molecule has 0 bridgehead atoms. The first-order valence-electron chi connectivity index (χ1n) is 14.8. The molecule has 6 aromatic carbocycles. The van der Waals surface area contributed by atoms with E-state index in [4.69, 9.17) is 4.98 Å². The molecule has 0 radical (unpaired) electrons. The Kier molecular flexibility index (Phi) is 6.08. The second-order valence-electron chi connectivity index (χ2n) is 10.9. The molecule has 0 atom stereocenters. The summed E-state index contributed by atoms with van der Waals surface area (Å²) in [5, 5.41) is 4.95. The lowest BCUT2D eigenvalue weighted by Gasteiger charge is -2.20. The minimum Gasteiger partial charge on any atom is -0.296 e. The average molecular weight is 552 g/mol. The molecule has 0 aliphatic heterocycles. The van der Waals surface area contributed by atoms with Crippen LogP contribution in [-0.2, 0) is 6.42 Å². The average Bonchev–Trinajstić information content (AvgIpc) is 3.46. The van der Waals surface area contributed by atoms with Crippen molar-refractivity contribution in [2.45, 2.75) is 13.3 Å². The van der Waals surface area contributed by atoms with E-state index in [-0.39, 0.29) is 0 Å². The first kappa shape index (κ1) is 25.2. The summed E-state index contributed by atoms with van der Waals surface area (Å²) in [6, 6.07) is 47.9. The number of aryl methyl sites for hydroxylation is 1. The SMILES string of the molecule is CCc1nc2ccccc2n1-c1cccc(-c2c3ccccc3c(-c3ccccc3-c3cccnc3)c3ccccc23)c1. The predicted molar refractivity (Wildman–Crippen MR) is 180 cm³/mol. The van der Waals surface area contributed by atoms with E-state index in [1.165, 1.54) is 49.4 Å². The molecule has 0 unspecified atom stereocenters. The number of benzene rings is 6. The normalized spacial score (nSPS) is 11.5. The topological polar surface area (TPSA) is 30.7 Å². The molecule has 0 N–H and O–H groups in total. The van der Waals surface area contributed by atoms with Crippen molar-refractivity contribution in [2.24, 2.45) is 0 Å². The summed E-state index contributed by atoms with van der Waals surface area (Å²) in [5.74, 6) is 1.07. The van der Waals surface area contributed by atoms with Gasteiger partial charge in [-0.3, -0.25) is 9.55 Å². The highest BCUT2D eigenvalue weighted by molar-refractivity contribution is 6.22. The minimum absolute atomic E-state index is 0.857. The van der Waals surface area contributed by atoms with Crippen molar-refractivity contribution < 1.29 is 0 Å². The van der Waals surface area contributed by atoms with E-state index >= 15 is 0 Å². The summed E-state index contributed by atoms with van der Waals surface area (Å²) in [6.07, 6.45) is 4.64. The number of nitrogens with zero attached hydrogens (tertiary/aromatic N) is 3. The van der Waals surface area contributed by atoms with Gasteiger partial charge < -0.3 is 0 Å². The Hall–Kier alpha value is -5.54. The van der Waals surface area contributed by atoms with Gasteiger partial charge in [-0.05, 0) is 79.7 Å². The zero-order chi connectivity index (χ0) is 28.8. The molecule has 0 spiro atoms. The van der Waals surface area contributed by atoms with Gasteiger partial charge >= 0.3 is 0 Å². The Labute approximate surface area is 250 Å². The number of hydrogen-bond donors (Lipinski definition) is 0. The molecule has 3 nitrogen and oxygen atoms in total. The Balaban J connectivity index is 1.43. The minimum atomic E-state index is 0.857. The zero-order valence-corrected chi connectivity index (χ0v) is 23.9. The predicted octanol–water partition coefficient (Wildman–Crippen LogP) is 10.3. The molecule has 3 heteroatoms. The van der Waals surface area contributed by atoms with E-state index in [0.29, 0.717) is 0 Å². The van der Waals surface area contributed by atoms with Crippen LogP contribution in [0.2, 0.25) is 0 Å². The van der Waals surface area contributed by atoms with Crippen molar-refractivity contribution >= 4 is 32.6 Å². The standard InChI is InChI=1S/C40H29N3/c1-2-38-42-36-22-9-10-23-37(36)43(38)29-15-11-13-27(25-29)39-32-18-5-7-20-34(32)40(35-21-8-6-19-33(35)39)31-17-4-3-16-30(31)28-14-12-24-41-26-28/h3-26H,2H2,1H3. The van der Waals surface area contributed by atoms with Gasteiger partial charge in [-0.25, -0.2) is 4.98 Å². The number of aromatic nitrogens is 3. The Morgan fingerprint density at radius 3 is 1.88 bits per heavy atom. The van der Waals surface area contributed by atoms with Crippen LogP contribution in [0.15, 0.2) is 146 Å². The van der Waals surface area contributed by atoms with Crippen molar-refractivity contribution in [1.29, 1.82) is 0 Å². The fourth-order valence-corrected chi connectivity index (χ4v) is 6.61. The van der Waals surface area contributed by atoms with Crippen LogP contribution >= 0.6 is 0 Å². The van der Waals surface area contributed by atoms with E-state index in [0.717, 1.165) is 34.5 Å². The molecule has 0 saturated heterocycles. The first-order valence-corrected chi connectivity index (χ1v) is 14.8. The van der Waals surface area contributed by atoms with Gasteiger partial charge in [0.2, 0.25) is 0 Å². The number of fused-ring (bicyclic) bond motifs is 3. The lowest BCUT2D eigenvalue weighted by Crippen LogP contribution is -2.00. The van der Waals surface area contributed by atoms with Crippen LogP contribution in [0.4, 0.5) is 0 Å². The lowest BCUT2D eigenvalue weighted by atomic mass is 9.84.